The van der Waals surface area contributed by atoms with Crippen LogP contribution in [0.15, 0.2) is 48.5 Å². The van der Waals surface area contributed by atoms with Crippen molar-refractivity contribution in [2.24, 2.45) is 5.73 Å². The average Bonchev–Trinajstić information content (AvgIpc) is 2.77. The van der Waals surface area contributed by atoms with Crippen molar-refractivity contribution in [1.29, 1.82) is 0 Å². The number of hydrogen-bond acceptors (Lipinski definition) is 2. The molecule has 1 aromatic heterocycles. The Hall–Kier alpha value is -2.26. The molecule has 0 unspecified atom stereocenters. The number of hydrogen-bond donors (Lipinski definition) is 3. The van der Waals surface area contributed by atoms with Crippen LogP contribution in [0.25, 0.3) is 10.9 Å². The second-order valence-corrected chi connectivity index (χ2v) is 5.03. The van der Waals surface area contributed by atoms with Gasteiger partial charge in [0.15, 0.2) is 5.88 Å². The Balaban J connectivity index is 1.99. The molecule has 1 heterocycles. The second kappa shape index (κ2) is 5.39. The zero-order chi connectivity index (χ0) is 13.9. The fourth-order valence-corrected chi connectivity index (χ4v) is 2.62. The first-order valence-electron chi connectivity index (χ1n) is 6.84. The molecule has 0 saturated carbocycles. The molecule has 2 aromatic carbocycles. The second-order valence-electron chi connectivity index (χ2n) is 5.03. The zero-order valence-electron chi connectivity index (χ0n) is 11.3. The minimum Gasteiger partial charge on any atom is -0.494 e. The third-order valence-corrected chi connectivity index (χ3v) is 3.59. The molecule has 3 aromatic rings. The molecule has 0 aliphatic carbocycles. The van der Waals surface area contributed by atoms with Gasteiger partial charge in [-0.25, -0.2) is 0 Å². The first-order valence-corrected chi connectivity index (χ1v) is 6.84. The third kappa shape index (κ3) is 2.40. The molecule has 3 heteroatoms. The first-order chi connectivity index (χ1) is 9.78. The summed E-state index contributed by atoms with van der Waals surface area (Å²) in [7, 11) is 0. The molecule has 3 nitrogen and oxygen atoms in total. The Labute approximate surface area is 118 Å². The van der Waals surface area contributed by atoms with Crippen LogP contribution in [0.3, 0.4) is 0 Å². The van der Waals surface area contributed by atoms with E-state index in [0.717, 1.165) is 22.9 Å². The zero-order valence-corrected chi connectivity index (χ0v) is 11.3. The van der Waals surface area contributed by atoms with E-state index in [0.29, 0.717) is 13.0 Å². The Morgan fingerprint density at radius 1 is 1.00 bits per heavy atom. The van der Waals surface area contributed by atoms with Crippen LogP contribution in [0.1, 0.15) is 16.7 Å². The van der Waals surface area contributed by atoms with Crippen LogP contribution in [0, 0.1) is 0 Å². The maximum atomic E-state index is 9.94. The van der Waals surface area contributed by atoms with Crippen molar-refractivity contribution in [1.82, 2.24) is 4.98 Å². The van der Waals surface area contributed by atoms with Gasteiger partial charge in [-0.15, -0.1) is 0 Å². The average molecular weight is 266 g/mol. The van der Waals surface area contributed by atoms with Crippen molar-refractivity contribution in [3.05, 3.63) is 65.2 Å². The van der Waals surface area contributed by atoms with E-state index in [2.05, 4.69) is 41.4 Å². The Kier molecular flexibility index (Phi) is 3.44. The van der Waals surface area contributed by atoms with E-state index in [1.165, 1.54) is 11.1 Å². The molecule has 0 aliphatic rings. The van der Waals surface area contributed by atoms with Gasteiger partial charge < -0.3 is 15.8 Å². The number of rotatable bonds is 4. The summed E-state index contributed by atoms with van der Waals surface area (Å²) in [5, 5.41) is 11.0. The normalized spacial score (nSPS) is 11.1. The number of aromatic nitrogens is 1. The molecular formula is C17H18N2O. The lowest BCUT2D eigenvalue weighted by Gasteiger charge is -2.03. The molecular weight excluding hydrogens is 248 g/mol. The molecule has 0 saturated heterocycles. The van der Waals surface area contributed by atoms with Gasteiger partial charge in [-0.1, -0.05) is 36.4 Å². The van der Waals surface area contributed by atoms with E-state index >= 15 is 0 Å². The standard InChI is InChI=1S/C17H18N2O/c18-9-8-14-15-11-13(6-7-16(15)19-17(14)20)10-12-4-2-1-3-5-12/h1-7,11,19-20H,8-10,18H2. The summed E-state index contributed by atoms with van der Waals surface area (Å²) in [6.07, 6.45) is 1.57. The largest absolute Gasteiger partial charge is 0.494 e. The maximum absolute atomic E-state index is 9.94. The number of fused-ring (bicyclic) bond motifs is 1. The molecule has 102 valence electrons. The Bertz CT molecular complexity index is 716. The molecule has 0 spiro atoms. The highest BCUT2D eigenvalue weighted by atomic mass is 16.3. The topological polar surface area (TPSA) is 62.0 Å². The van der Waals surface area contributed by atoms with Gasteiger partial charge in [-0.3, -0.25) is 0 Å². The van der Waals surface area contributed by atoms with Gasteiger partial charge >= 0.3 is 0 Å². The summed E-state index contributed by atoms with van der Waals surface area (Å²) >= 11 is 0. The van der Waals surface area contributed by atoms with Crippen LogP contribution in [-0.2, 0) is 12.8 Å². The maximum Gasteiger partial charge on any atom is 0.192 e. The monoisotopic (exact) mass is 266 g/mol. The van der Waals surface area contributed by atoms with Crippen LogP contribution in [0.2, 0.25) is 0 Å². The Morgan fingerprint density at radius 3 is 2.55 bits per heavy atom. The predicted octanol–water partition coefficient (Wildman–Crippen LogP) is 2.97. The molecule has 4 N–H and O–H groups in total. The molecule has 0 amide bonds. The van der Waals surface area contributed by atoms with Crippen LogP contribution in [0.5, 0.6) is 5.88 Å². The van der Waals surface area contributed by atoms with Crippen LogP contribution >= 0.6 is 0 Å². The van der Waals surface area contributed by atoms with Crippen molar-refractivity contribution in [2.45, 2.75) is 12.8 Å². The molecule has 0 radical (unpaired) electrons. The predicted molar refractivity (Wildman–Crippen MR) is 82.0 cm³/mol. The van der Waals surface area contributed by atoms with E-state index < -0.39 is 0 Å². The summed E-state index contributed by atoms with van der Waals surface area (Å²) < 4.78 is 0. The summed E-state index contributed by atoms with van der Waals surface area (Å²) in [5.74, 6) is 0.238. The molecule has 3 rings (SSSR count). The lowest BCUT2D eigenvalue weighted by Crippen LogP contribution is -2.02. The van der Waals surface area contributed by atoms with Gasteiger partial charge in [-0.2, -0.15) is 0 Å². The number of benzene rings is 2. The molecule has 0 fully saturated rings. The smallest absolute Gasteiger partial charge is 0.192 e. The number of aromatic hydroxyl groups is 1. The quantitative estimate of drug-likeness (QED) is 0.680. The Morgan fingerprint density at radius 2 is 1.80 bits per heavy atom. The molecule has 0 bridgehead atoms. The van der Waals surface area contributed by atoms with Crippen molar-refractivity contribution in [2.75, 3.05) is 6.54 Å². The van der Waals surface area contributed by atoms with Crippen molar-refractivity contribution < 1.29 is 5.11 Å². The first kappa shape index (κ1) is 12.8. The molecule has 0 aliphatic heterocycles. The van der Waals surface area contributed by atoms with Gasteiger partial charge in [0.1, 0.15) is 0 Å². The minimum absolute atomic E-state index is 0.238. The van der Waals surface area contributed by atoms with Crippen molar-refractivity contribution >= 4 is 10.9 Å². The molecule has 0 atom stereocenters. The van der Waals surface area contributed by atoms with Gasteiger partial charge in [0, 0.05) is 16.5 Å². The van der Waals surface area contributed by atoms with Gasteiger partial charge in [0.05, 0.1) is 0 Å². The highest BCUT2D eigenvalue weighted by Crippen LogP contribution is 2.28. The van der Waals surface area contributed by atoms with E-state index in [9.17, 15) is 5.11 Å². The minimum atomic E-state index is 0.238. The van der Waals surface area contributed by atoms with Crippen molar-refractivity contribution in [3.63, 3.8) is 0 Å². The van der Waals surface area contributed by atoms with Crippen LogP contribution in [-0.4, -0.2) is 16.6 Å². The van der Waals surface area contributed by atoms with E-state index in [4.69, 9.17) is 5.73 Å². The molecule has 20 heavy (non-hydrogen) atoms. The van der Waals surface area contributed by atoms with E-state index in [1.807, 2.05) is 12.1 Å². The number of nitrogens with two attached hydrogens (primary N) is 1. The van der Waals surface area contributed by atoms with E-state index in [-0.39, 0.29) is 5.88 Å². The number of H-pyrrole nitrogens is 1. The summed E-state index contributed by atoms with van der Waals surface area (Å²) in [6.45, 7) is 0.531. The summed E-state index contributed by atoms with van der Waals surface area (Å²) in [6, 6.07) is 16.6. The highest BCUT2D eigenvalue weighted by Gasteiger charge is 2.10. The summed E-state index contributed by atoms with van der Waals surface area (Å²) in [5.41, 5.74) is 10.0. The van der Waals surface area contributed by atoms with Gasteiger partial charge in [0.25, 0.3) is 0 Å². The number of nitrogens with one attached hydrogen (secondary N) is 1. The summed E-state index contributed by atoms with van der Waals surface area (Å²) in [4.78, 5) is 3.00. The van der Waals surface area contributed by atoms with Crippen LogP contribution in [0.4, 0.5) is 0 Å². The fraction of sp³-hybridized carbons (Fsp3) is 0.176. The van der Waals surface area contributed by atoms with Gasteiger partial charge in [-0.05, 0) is 42.6 Å². The van der Waals surface area contributed by atoms with Crippen molar-refractivity contribution in [3.8, 4) is 5.88 Å². The lowest BCUT2D eigenvalue weighted by molar-refractivity contribution is 0.452. The highest BCUT2D eigenvalue weighted by molar-refractivity contribution is 5.86. The number of aromatic amines is 1. The SMILES string of the molecule is NCCc1c(O)[nH]c2ccc(Cc3ccccc3)cc12. The fourth-order valence-electron chi connectivity index (χ4n) is 2.62. The van der Waals surface area contributed by atoms with Crippen LogP contribution < -0.4 is 5.73 Å². The van der Waals surface area contributed by atoms with E-state index in [1.54, 1.807) is 0 Å². The third-order valence-electron chi connectivity index (χ3n) is 3.59. The lowest BCUT2D eigenvalue weighted by atomic mass is 10.0. The van der Waals surface area contributed by atoms with Gasteiger partial charge in [0.2, 0.25) is 0 Å².